The van der Waals surface area contributed by atoms with Crippen LogP contribution in [-0.2, 0) is 15.8 Å². The van der Waals surface area contributed by atoms with Crippen molar-refractivity contribution >= 4 is 21.8 Å². The second kappa shape index (κ2) is 7.97. The fourth-order valence-corrected chi connectivity index (χ4v) is 3.76. The summed E-state index contributed by atoms with van der Waals surface area (Å²) in [4.78, 5) is 1.10. The molecule has 0 heterocycles. The molecule has 0 aromatic heterocycles. The molecule has 2 aromatic rings. The predicted octanol–water partition coefficient (Wildman–Crippen LogP) is 2.87. The van der Waals surface area contributed by atoms with E-state index in [0.717, 1.165) is 16.0 Å². The summed E-state index contributed by atoms with van der Waals surface area (Å²) in [5.74, 6) is -0.0905. The molecule has 0 fully saturated rings. The normalized spacial score (nSPS) is 13.0. The van der Waals surface area contributed by atoms with Crippen LogP contribution in [0.25, 0.3) is 0 Å². The molecule has 23 heavy (non-hydrogen) atoms. The number of rotatable bonds is 7. The molecule has 0 bridgehead atoms. The minimum absolute atomic E-state index is 0.0350. The van der Waals surface area contributed by atoms with E-state index in [0.29, 0.717) is 5.56 Å². The lowest BCUT2D eigenvalue weighted by molar-refractivity contribution is 0.182. The number of sulfonamides is 1. The summed E-state index contributed by atoms with van der Waals surface area (Å²) in [7, 11) is -3.48. The summed E-state index contributed by atoms with van der Waals surface area (Å²) in [5, 5.41) is 10.1. The van der Waals surface area contributed by atoms with Crippen LogP contribution in [0.15, 0.2) is 53.4 Å². The van der Waals surface area contributed by atoms with Crippen molar-refractivity contribution in [2.24, 2.45) is 0 Å². The van der Waals surface area contributed by atoms with Crippen LogP contribution in [0.5, 0.6) is 0 Å². The SMILES string of the molecule is CSc1ccc(C(O)CNS(=O)(=O)Cc2cccc(C)c2)cc1. The van der Waals surface area contributed by atoms with E-state index >= 15 is 0 Å². The Hall–Kier alpha value is -1.34. The van der Waals surface area contributed by atoms with E-state index in [-0.39, 0.29) is 12.3 Å². The molecule has 6 heteroatoms. The van der Waals surface area contributed by atoms with E-state index in [4.69, 9.17) is 0 Å². The van der Waals surface area contributed by atoms with Crippen LogP contribution in [0.1, 0.15) is 22.8 Å². The lowest BCUT2D eigenvalue weighted by atomic mass is 10.1. The van der Waals surface area contributed by atoms with Crippen molar-refractivity contribution in [1.29, 1.82) is 0 Å². The number of thioether (sulfide) groups is 1. The first-order valence-corrected chi connectivity index (χ1v) is 10.1. The van der Waals surface area contributed by atoms with E-state index in [1.807, 2.05) is 55.6 Å². The Morgan fingerprint density at radius 2 is 1.87 bits per heavy atom. The van der Waals surface area contributed by atoms with Gasteiger partial charge in [-0.1, -0.05) is 42.0 Å². The average molecular weight is 351 g/mol. The maximum absolute atomic E-state index is 12.1. The topological polar surface area (TPSA) is 66.4 Å². The summed E-state index contributed by atoms with van der Waals surface area (Å²) >= 11 is 1.62. The molecule has 0 aliphatic heterocycles. The molecule has 0 amide bonds. The maximum atomic E-state index is 12.1. The molecule has 0 aliphatic carbocycles. The maximum Gasteiger partial charge on any atom is 0.215 e. The molecule has 0 radical (unpaired) electrons. The molecule has 0 aliphatic rings. The predicted molar refractivity (Wildman–Crippen MR) is 95.0 cm³/mol. The van der Waals surface area contributed by atoms with Crippen molar-refractivity contribution in [1.82, 2.24) is 4.72 Å². The van der Waals surface area contributed by atoms with Gasteiger partial charge >= 0.3 is 0 Å². The van der Waals surface area contributed by atoms with E-state index < -0.39 is 16.1 Å². The van der Waals surface area contributed by atoms with Gasteiger partial charge in [0, 0.05) is 11.4 Å². The molecule has 1 unspecified atom stereocenters. The van der Waals surface area contributed by atoms with Gasteiger partial charge in [-0.15, -0.1) is 11.8 Å². The zero-order valence-electron chi connectivity index (χ0n) is 13.2. The molecule has 0 saturated carbocycles. The van der Waals surface area contributed by atoms with Gasteiger partial charge in [-0.25, -0.2) is 13.1 Å². The van der Waals surface area contributed by atoms with Crippen LogP contribution in [0, 0.1) is 6.92 Å². The zero-order chi connectivity index (χ0) is 16.9. The first-order chi connectivity index (χ1) is 10.9. The highest BCUT2D eigenvalue weighted by atomic mass is 32.2. The number of aryl methyl sites for hydroxylation is 1. The van der Waals surface area contributed by atoms with Gasteiger partial charge in [0.2, 0.25) is 10.0 Å². The van der Waals surface area contributed by atoms with Crippen LogP contribution in [-0.4, -0.2) is 26.3 Å². The summed E-state index contributed by atoms with van der Waals surface area (Å²) in [6.45, 7) is 1.89. The first kappa shape index (κ1) is 18.0. The summed E-state index contributed by atoms with van der Waals surface area (Å²) in [5.41, 5.74) is 2.45. The minimum atomic E-state index is -3.48. The number of benzene rings is 2. The second-order valence-corrected chi connectivity index (χ2v) is 8.07. The molecular formula is C17H21NO3S2. The summed E-state index contributed by atoms with van der Waals surface area (Å²) < 4.78 is 26.7. The standard InChI is InChI=1S/C17H21NO3S2/c1-13-4-3-5-14(10-13)12-23(20,21)18-11-17(19)15-6-8-16(22-2)9-7-15/h3-10,17-19H,11-12H2,1-2H3. The van der Waals surface area contributed by atoms with Crippen molar-refractivity contribution in [2.75, 3.05) is 12.8 Å². The van der Waals surface area contributed by atoms with Gasteiger partial charge in [0.25, 0.3) is 0 Å². The lowest BCUT2D eigenvalue weighted by Gasteiger charge is -2.13. The largest absolute Gasteiger partial charge is 0.387 e. The Balaban J connectivity index is 1.95. The average Bonchev–Trinajstić information content (AvgIpc) is 2.52. The van der Waals surface area contributed by atoms with Crippen LogP contribution in [0.2, 0.25) is 0 Å². The van der Waals surface area contributed by atoms with Crippen LogP contribution < -0.4 is 4.72 Å². The molecule has 0 spiro atoms. The Morgan fingerprint density at radius 3 is 2.48 bits per heavy atom. The van der Waals surface area contributed by atoms with Crippen molar-refractivity contribution in [2.45, 2.75) is 23.7 Å². The van der Waals surface area contributed by atoms with E-state index in [1.54, 1.807) is 17.8 Å². The first-order valence-electron chi connectivity index (χ1n) is 7.24. The number of aliphatic hydroxyl groups is 1. The van der Waals surface area contributed by atoms with Gasteiger partial charge < -0.3 is 5.11 Å². The Kier molecular flexibility index (Phi) is 6.24. The van der Waals surface area contributed by atoms with Gasteiger partial charge in [0.1, 0.15) is 0 Å². The molecule has 124 valence electrons. The van der Waals surface area contributed by atoms with Gasteiger partial charge in [0.05, 0.1) is 11.9 Å². The Morgan fingerprint density at radius 1 is 1.17 bits per heavy atom. The van der Waals surface area contributed by atoms with Crippen molar-refractivity contribution in [3.05, 3.63) is 65.2 Å². The van der Waals surface area contributed by atoms with Crippen LogP contribution in [0.3, 0.4) is 0 Å². The number of nitrogens with one attached hydrogen (secondary N) is 1. The number of hydrogen-bond acceptors (Lipinski definition) is 4. The molecule has 2 N–H and O–H groups in total. The molecule has 4 nitrogen and oxygen atoms in total. The highest BCUT2D eigenvalue weighted by Crippen LogP contribution is 2.19. The lowest BCUT2D eigenvalue weighted by Crippen LogP contribution is -2.29. The smallest absolute Gasteiger partial charge is 0.215 e. The van der Waals surface area contributed by atoms with Crippen molar-refractivity contribution < 1.29 is 13.5 Å². The van der Waals surface area contributed by atoms with Gasteiger partial charge in [-0.2, -0.15) is 0 Å². The highest BCUT2D eigenvalue weighted by Gasteiger charge is 2.15. The second-order valence-electron chi connectivity index (χ2n) is 5.39. The third kappa shape index (κ3) is 5.66. The molecule has 2 aromatic carbocycles. The van der Waals surface area contributed by atoms with Crippen LogP contribution in [0.4, 0.5) is 0 Å². The van der Waals surface area contributed by atoms with E-state index in [2.05, 4.69) is 4.72 Å². The van der Waals surface area contributed by atoms with E-state index in [1.165, 1.54) is 0 Å². The fourth-order valence-electron chi connectivity index (χ4n) is 2.22. The van der Waals surface area contributed by atoms with Crippen molar-refractivity contribution in [3.63, 3.8) is 0 Å². The molecule has 0 saturated heterocycles. The third-order valence-electron chi connectivity index (χ3n) is 3.44. The monoisotopic (exact) mass is 351 g/mol. The molecule has 2 rings (SSSR count). The summed E-state index contributed by atoms with van der Waals surface area (Å²) in [6, 6.07) is 14.8. The number of aliphatic hydroxyl groups excluding tert-OH is 1. The van der Waals surface area contributed by atoms with Crippen LogP contribution >= 0.6 is 11.8 Å². The molecule has 1 atom stereocenters. The van der Waals surface area contributed by atoms with Crippen molar-refractivity contribution in [3.8, 4) is 0 Å². The fraction of sp³-hybridized carbons (Fsp3) is 0.294. The third-order valence-corrected chi connectivity index (χ3v) is 5.50. The zero-order valence-corrected chi connectivity index (χ0v) is 14.8. The number of hydrogen-bond donors (Lipinski definition) is 2. The Labute approximate surface area is 142 Å². The Bertz CT molecular complexity index is 743. The molecular weight excluding hydrogens is 330 g/mol. The highest BCUT2D eigenvalue weighted by molar-refractivity contribution is 7.98. The van der Waals surface area contributed by atoms with Gasteiger partial charge in [-0.05, 0) is 36.4 Å². The quantitative estimate of drug-likeness (QED) is 0.753. The minimum Gasteiger partial charge on any atom is -0.387 e. The van der Waals surface area contributed by atoms with Gasteiger partial charge in [0.15, 0.2) is 0 Å². The summed E-state index contributed by atoms with van der Waals surface area (Å²) in [6.07, 6.45) is 1.11. The van der Waals surface area contributed by atoms with Gasteiger partial charge in [-0.3, -0.25) is 0 Å². The van der Waals surface area contributed by atoms with E-state index in [9.17, 15) is 13.5 Å².